The molecule has 1 unspecified atom stereocenters. The summed E-state index contributed by atoms with van der Waals surface area (Å²) in [4.78, 5) is 0. The summed E-state index contributed by atoms with van der Waals surface area (Å²) in [5.41, 5.74) is 0. The molecule has 1 fully saturated rings. The molecule has 1 saturated heterocycles. The molecule has 1 aliphatic heterocycles. The summed E-state index contributed by atoms with van der Waals surface area (Å²) in [5, 5.41) is 0. The summed E-state index contributed by atoms with van der Waals surface area (Å²) in [6, 6.07) is 0.184. The van der Waals surface area contributed by atoms with E-state index >= 15 is 0 Å². The second-order valence-electron chi connectivity index (χ2n) is 4.72. The Morgan fingerprint density at radius 3 is 2.15 bits per heavy atom. The molecule has 13 heavy (non-hydrogen) atoms. The van der Waals surface area contributed by atoms with Crippen LogP contribution < -0.4 is 0 Å². The SMILES string of the molecule is CC1CCCN1S(=O)(=O)C(C)(C)C. The molecule has 0 spiro atoms. The van der Waals surface area contributed by atoms with Crippen LogP contribution in [0.4, 0.5) is 0 Å². The highest BCUT2D eigenvalue weighted by Crippen LogP contribution is 2.27. The molecular formula is C9H19NO2S. The molecule has 78 valence electrons. The van der Waals surface area contributed by atoms with Crippen molar-refractivity contribution in [1.82, 2.24) is 4.31 Å². The molecule has 1 rings (SSSR count). The number of hydrogen-bond acceptors (Lipinski definition) is 2. The van der Waals surface area contributed by atoms with Crippen LogP contribution in [0.3, 0.4) is 0 Å². The standard InChI is InChI=1S/C9H19NO2S/c1-8-6-5-7-10(8)13(11,12)9(2,3)4/h8H,5-7H2,1-4H3. The van der Waals surface area contributed by atoms with E-state index in [-0.39, 0.29) is 6.04 Å². The number of rotatable bonds is 1. The van der Waals surface area contributed by atoms with Crippen molar-refractivity contribution < 1.29 is 8.42 Å². The second-order valence-corrected chi connectivity index (χ2v) is 7.36. The lowest BCUT2D eigenvalue weighted by molar-refractivity contribution is 0.391. The third-order valence-electron chi connectivity index (χ3n) is 2.57. The van der Waals surface area contributed by atoms with Crippen molar-refractivity contribution >= 4 is 10.0 Å². The van der Waals surface area contributed by atoms with Crippen LogP contribution in [0.25, 0.3) is 0 Å². The maximum Gasteiger partial charge on any atom is 0.219 e. The first-order valence-corrected chi connectivity index (χ1v) is 6.22. The maximum atomic E-state index is 12.0. The van der Waals surface area contributed by atoms with E-state index < -0.39 is 14.8 Å². The predicted octanol–water partition coefficient (Wildman–Crippen LogP) is 1.60. The highest BCUT2D eigenvalue weighted by molar-refractivity contribution is 7.90. The molecule has 0 aromatic heterocycles. The van der Waals surface area contributed by atoms with Crippen molar-refractivity contribution in [2.24, 2.45) is 0 Å². The zero-order valence-electron chi connectivity index (χ0n) is 8.87. The van der Waals surface area contributed by atoms with Crippen LogP contribution >= 0.6 is 0 Å². The van der Waals surface area contributed by atoms with Crippen molar-refractivity contribution in [3.63, 3.8) is 0 Å². The van der Waals surface area contributed by atoms with E-state index in [1.54, 1.807) is 25.1 Å². The van der Waals surface area contributed by atoms with Gasteiger partial charge >= 0.3 is 0 Å². The topological polar surface area (TPSA) is 37.4 Å². The van der Waals surface area contributed by atoms with Crippen LogP contribution in [-0.4, -0.2) is 30.1 Å². The molecule has 3 nitrogen and oxygen atoms in total. The highest BCUT2D eigenvalue weighted by atomic mass is 32.2. The van der Waals surface area contributed by atoms with Crippen molar-refractivity contribution in [1.29, 1.82) is 0 Å². The van der Waals surface area contributed by atoms with Gasteiger partial charge < -0.3 is 0 Å². The van der Waals surface area contributed by atoms with Gasteiger partial charge in [-0.3, -0.25) is 0 Å². The maximum absolute atomic E-state index is 12.0. The minimum absolute atomic E-state index is 0.184. The monoisotopic (exact) mass is 205 g/mol. The van der Waals surface area contributed by atoms with E-state index in [2.05, 4.69) is 0 Å². The number of sulfonamides is 1. The quantitative estimate of drug-likeness (QED) is 0.652. The van der Waals surface area contributed by atoms with Gasteiger partial charge in [0.15, 0.2) is 0 Å². The Balaban J connectivity index is 2.94. The van der Waals surface area contributed by atoms with E-state index in [0.29, 0.717) is 6.54 Å². The van der Waals surface area contributed by atoms with Crippen LogP contribution in [0, 0.1) is 0 Å². The van der Waals surface area contributed by atoms with Gasteiger partial charge in [-0.15, -0.1) is 0 Å². The lowest BCUT2D eigenvalue weighted by Crippen LogP contribution is -2.44. The van der Waals surface area contributed by atoms with Gasteiger partial charge in [0.1, 0.15) is 0 Å². The summed E-state index contributed by atoms with van der Waals surface area (Å²) in [7, 11) is -3.09. The van der Waals surface area contributed by atoms with Gasteiger partial charge in [-0.05, 0) is 40.5 Å². The van der Waals surface area contributed by atoms with Gasteiger partial charge in [0.05, 0.1) is 4.75 Å². The zero-order valence-corrected chi connectivity index (χ0v) is 9.69. The lowest BCUT2D eigenvalue weighted by Gasteiger charge is -2.29. The Bertz CT molecular complexity index is 276. The van der Waals surface area contributed by atoms with Crippen molar-refractivity contribution in [3.8, 4) is 0 Å². The average molecular weight is 205 g/mol. The highest BCUT2D eigenvalue weighted by Gasteiger charge is 2.39. The molecule has 0 saturated carbocycles. The van der Waals surface area contributed by atoms with Gasteiger partial charge in [-0.2, -0.15) is 4.31 Å². The van der Waals surface area contributed by atoms with E-state index in [1.165, 1.54) is 0 Å². The van der Waals surface area contributed by atoms with E-state index in [4.69, 9.17) is 0 Å². The van der Waals surface area contributed by atoms with E-state index in [9.17, 15) is 8.42 Å². The van der Waals surface area contributed by atoms with Crippen LogP contribution in [0.1, 0.15) is 40.5 Å². The van der Waals surface area contributed by atoms with Gasteiger partial charge in [0, 0.05) is 12.6 Å². The number of nitrogens with zero attached hydrogens (tertiary/aromatic N) is 1. The summed E-state index contributed by atoms with van der Waals surface area (Å²) < 4.78 is 25.0. The Labute approximate surface area is 81.2 Å². The van der Waals surface area contributed by atoms with Gasteiger partial charge in [0.25, 0.3) is 0 Å². The second kappa shape index (κ2) is 3.24. The molecule has 0 N–H and O–H groups in total. The molecule has 0 radical (unpaired) electrons. The molecule has 0 aromatic rings. The summed E-state index contributed by atoms with van der Waals surface area (Å²) in [6.07, 6.45) is 1.99. The average Bonchev–Trinajstić information content (AvgIpc) is 2.32. The summed E-state index contributed by atoms with van der Waals surface area (Å²) in [6.45, 7) is 7.95. The Morgan fingerprint density at radius 2 is 1.85 bits per heavy atom. The fraction of sp³-hybridized carbons (Fsp3) is 1.00. The van der Waals surface area contributed by atoms with Gasteiger partial charge in [-0.25, -0.2) is 8.42 Å². The first-order chi connectivity index (χ1) is 5.77. The lowest BCUT2D eigenvalue weighted by atomic mass is 10.3. The first-order valence-electron chi connectivity index (χ1n) is 4.78. The van der Waals surface area contributed by atoms with Gasteiger partial charge in [0.2, 0.25) is 10.0 Å². The molecule has 1 aliphatic rings. The van der Waals surface area contributed by atoms with Crippen molar-refractivity contribution in [3.05, 3.63) is 0 Å². The third-order valence-corrected chi connectivity index (χ3v) is 5.28. The van der Waals surface area contributed by atoms with Crippen LogP contribution in [-0.2, 0) is 10.0 Å². The number of hydrogen-bond donors (Lipinski definition) is 0. The molecule has 0 bridgehead atoms. The normalized spacial score (nSPS) is 26.6. The minimum atomic E-state index is -3.09. The molecule has 0 amide bonds. The molecular weight excluding hydrogens is 186 g/mol. The first kappa shape index (κ1) is 11.0. The molecule has 4 heteroatoms. The zero-order chi connectivity index (χ0) is 10.3. The van der Waals surface area contributed by atoms with Crippen molar-refractivity contribution in [2.45, 2.75) is 51.3 Å². The molecule has 1 atom stereocenters. The molecule has 0 aliphatic carbocycles. The smallest absolute Gasteiger partial charge is 0.212 e. The summed E-state index contributed by atoms with van der Waals surface area (Å²) in [5.74, 6) is 0. The van der Waals surface area contributed by atoms with Crippen LogP contribution in [0.5, 0.6) is 0 Å². The third kappa shape index (κ3) is 1.89. The fourth-order valence-corrected chi connectivity index (χ4v) is 3.27. The van der Waals surface area contributed by atoms with Crippen molar-refractivity contribution in [2.75, 3.05) is 6.54 Å². The molecule has 1 heterocycles. The largest absolute Gasteiger partial charge is 0.219 e. The summed E-state index contributed by atoms with van der Waals surface area (Å²) >= 11 is 0. The van der Waals surface area contributed by atoms with Gasteiger partial charge in [-0.1, -0.05) is 0 Å². The molecule has 0 aromatic carbocycles. The van der Waals surface area contributed by atoms with Crippen LogP contribution in [0.15, 0.2) is 0 Å². The van der Waals surface area contributed by atoms with E-state index in [0.717, 1.165) is 12.8 Å². The minimum Gasteiger partial charge on any atom is -0.212 e. The fourth-order valence-electron chi connectivity index (χ4n) is 1.62. The predicted molar refractivity (Wildman–Crippen MR) is 54.1 cm³/mol. The Kier molecular flexibility index (Phi) is 2.74. The Hall–Kier alpha value is -0.0900. The van der Waals surface area contributed by atoms with Crippen LogP contribution in [0.2, 0.25) is 0 Å². The Morgan fingerprint density at radius 1 is 1.31 bits per heavy atom. The van der Waals surface area contributed by atoms with E-state index in [1.807, 2.05) is 6.92 Å².